The summed E-state index contributed by atoms with van der Waals surface area (Å²) in [4.78, 5) is 0. The zero-order valence-corrected chi connectivity index (χ0v) is 28.6. The third-order valence-electron chi connectivity index (χ3n) is 9.41. The van der Waals surface area contributed by atoms with Crippen molar-refractivity contribution in [1.29, 1.82) is 0 Å². The van der Waals surface area contributed by atoms with E-state index in [2.05, 4.69) is 51.9 Å². The van der Waals surface area contributed by atoms with E-state index in [1.165, 1.54) is 0 Å². The molecule has 2 heterocycles. The van der Waals surface area contributed by atoms with Gasteiger partial charge in [-0.15, -0.1) is 18.0 Å². The summed E-state index contributed by atoms with van der Waals surface area (Å²) in [6, 6.07) is 9.85. The highest BCUT2D eigenvalue weighted by Crippen LogP contribution is 2.46. The molecule has 0 aromatic heterocycles. The number of benzene rings is 1. The lowest BCUT2D eigenvalue weighted by Gasteiger charge is -2.40. The monoisotopic (exact) mass is 632 g/mol. The Morgan fingerprint density at radius 1 is 1.02 bits per heavy atom. The molecule has 1 aromatic rings. The molecule has 3 fully saturated rings. The first-order valence-corrected chi connectivity index (χ1v) is 19.6. The van der Waals surface area contributed by atoms with Gasteiger partial charge in [-0.25, -0.2) is 0 Å². The zero-order valence-electron chi connectivity index (χ0n) is 26.8. The number of alkyl halides is 1. The third-order valence-corrected chi connectivity index (χ3v) is 14.2. The summed E-state index contributed by atoms with van der Waals surface area (Å²) in [5.74, 6) is 3.69. The van der Waals surface area contributed by atoms with Crippen LogP contribution in [0.25, 0.3) is 0 Å². The quantitative estimate of drug-likeness (QED) is 0.0948. The maximum absolute atomic E-state index is 7.09. The molecule has 0 bridgehead atoms. The van der Waals surface area contributed by atoms with E-state index in [9.17, 15) is 0 Å². The lowest BCUT2D eigenvalue weighted by molar-refractivity contribution is -0.193. The van der Waals surface area contributed by atoms with Crippen LogP contribution in [0.15, 0.2) is 42.5 Å². The molecule has 240 valence electrons. The molecule has 8 atom stereocenters. The van der Waals surface area contributed by atoms with Crippen LogP contribution >= 0.6 is 11.6 Å². The smallest absolute Gasteiger partial charge is 0.192 e. The normalized spacial score (nSPS) is 30.2. The number of terminal acetylenes is 1. The number of halogens is 1. The molecule has 1 saturated carbocycles. The first-order valence-electron chi connectivity index (χ1n) is 16.2. The fourth-order valence-corrected chi connectivity index (χ4v) is 7.51. The van der Waals surface area contributed by atoms with Crippen molar-refractivity contribution in [3.05, 3.63) is 42.5 Å². The molecule has 4 rings (SSSR count). The fourth-order valence-electron chi connectivity index (χ4n) is 5.92. The SMILES string of the molecule is C#C[C@H](Cl)CC1C(O[Si](C)(C)C(C)(C)C)CC(OC2CCCCO2)C1C=CC(COc1ccccc1)OC1CCCCO1. The van der Waals surface area contributed by atoms with E-state index in [0.29, 0.717) is 13.0 Å². The van der Waals surface area contributed by atoms with Crippen LogP contribution in [0.3, 0.4) is 0 Å². The Bertz CT molecular complexity index is 1030. The van der Waals surface area contributed by atoms with E-state index in [4.69, 9.17) is 46.1 Å². The van der Waals surface area contributed by atoms with Crippen LogP contribution in [0.2, 0.25) is 18.1 Å². The van der Waals surface area contributed by atoms with Gasteiger partial charge in [-0.3, -0.25) is 0 Å². The summed E-state index contributed by atoms with van der Waals surface area (Å²) in [6.45, 7) is 13.3. The van der Waals surface area contributed by atoms with Gasteiger partial charge in [0.15, 0.2) is 20.9 Å². The Morgan fingerprint density at radius 2 is 1.70 bits per heavy atom. The average Bonchev–Trinajstić information content (AvgIpc) is 3.29. The summed E-state index contributed by atoms with van der Waals surface area (Å²) in [5.41, 5.74) is 0. The summed E-state index contributed by atoms with van der Waals surface area (Å²) >= 11 is 6.65. The predicted octanol–water partition coefficient (Wildman–Crippen LogP) is 8.10. The van der Waals surface area contributed by atoms with Crippen molar-refractivity contribution in [2.24, 2.45) is 11.8 Å². The summed E-state index contributed by atoms with van der Waals surface area (Å²) in [7, 11) is -2.08. The highest BCUT2D eigenvalue weighted by Gasteiger charge is 2.49. The van der Waals surface area contributed by atoms with E-state index in [1.54, 1.807) is 0 Å². The predicted molar refractivity (Wildman–Crippen MR) is 175 cm³/mol. The van der Waals surface area contributed by atoms with Crippen LogP contribution in [0.5, 0.6) is 5.75 Å². The summed E-state index contributed by atoms with van der Waals surface area (Å²) < 4.78 is 38.4. The topological polar surface area (TPSA) is 55.4 Å². The first-order chi connectivity index (χ1) is 20.6. The van der Waals surface area contributed by atoms with E-state index in [0.717, 1.165) is 63.9 Å². The van der Waals surface area contributed by atoms with Crippen LogP contribution in [-0.4, -0.2) is 64.4 Å². The van der Waals surface area contributed by atoms with E-state index in [-0.39, 0.29) is 53.1 Å². The van der Waals surface area contributed by atoms with Gasteiger partial charge < -0.3 is 28.1 Å². The van der Waals surface area contributed by atoms with Crippen molar-refractivity contribution >= 4 is 19.9 Å². The Kier molecular flexibility index (Phi) is 13.1. The third kappa shape index (κ3) is 10.3. The maximum Gasteiger partial charge on any atom is 0.192 e. The average molecular weight is 633 g/mol. The van der Waals surface area contributed by atoms with Gasteiger partial charge in [0.05, 0.1) is 17.6 Å². The molecule has 1 aliphatic carbocycles. The second-order valence-corrected chi connectivity index (χ2v) is 19.0. The molecule has 0 N–H and O–H groups in total. The van der Waals surface area contributed by atoms with Crippen molar-refractivity contribution in [2.45, 2.75) is 127 Å². The number of hydrogen-bond acceptors (Lipinski definition) is 6. The fraction of sp³-hybridized carbons (Fsp3) is 0.714. The Labute approximate surface area is 266 Å². The molecule has 7 unspecified atom stereocenters. The minimum atomic E-state index is -2.08. The minimum Gasteiger partial charge on any atom is -0.491 e. The van der Waals surface area contributed by atoms with Crippen LogP contribution in [0.4, 0.5) is 0 Å². The van der Waals surface area contributed by atoms with Crippen LogP contribution in [-0.2, 0) is 23.4 Å². The molecule has 1 aromatic carbocycles. The van der Waals surface area contributed by atoms with Crippen LogP contribution < -0.4 is 4.74 Å². The van der Waals surface area contributed by atoms with Crippen molar-refractivity contribution in [3.8, 4) is 18.1 Å². The van der Waals surface area contributed by atoms with Crippen LogP contribution in [0.1, 0.15) is 72.1 Å². The highest BCUT2D eigenvalue weighted by atomic mass is 35.5. The molecule has 2 saturated heterocycles. The van der Waals surface area contributed by atoms with Gasteiger partial charge in [-0.05, 0) is 87.5 Å². The number of hydrogen-bond donors (Lipinski definition) is 0. The molecule has 0 spiro atoms. The number of para-hydroxylation sites is 1. The van der Waals surface area contributed by atoms with E-state index >= 15 is 0 Å². The molecular weight excluding hydrogens is 580 g/mol. The minimum absolute atomic E-state index is 0.0136. The van der Waals surface area contributed by atoms with Gasteiger partial charge in [-0.2, -0.15) is 0 Å². The molecule has 3 aliphatic rings. The molecular formula is C35H53ClO6Si. The molecule has 43 heavy (non-hydrogen) atoms. The molecule has 0 radical (unpaired) electrons. The summed E-state index contributed by atoms with van der Waals surface area (Å²) in [6.07, 6.45) is 16.9. The Morgan fingerprint density at radius 3 is 2.30 bits per heavy atom. The Balaban J connectivity index is 1.60. The molecule has 6 nitrogen and oxygen atoms in total. The molecule has 2 aliphatic heterocycles. The van der Waals surface area contributed by atoms with Gasteiger partial charge in [-0.1, -0.05) is 57.0 Å². The largest absolute Gasteiger partial charge is 0.491 e. The van der Waals surface area contributed by atoms with E-state index in [1.807, 2.05) is 30.3 Å². The lowest BCUT2D eigenvalue weighted by atomic mass is 9.88. The molecule has 0 amide bonds. The summed E-state index contributed by atoms with van der Waals surface area (Å²) in [5, 5.41) is -0.311. The molecule has 8 heteroatoms. The van der Waals surface area contributed by atoms with Crippen molar-refractivity contribution in [3.63, 3.8) is 0 Å². The van der Waals surface area contributed by atoms with Crippen molar-refractivity contribution in [2.75, 3.05) is 19.8 Å². The highest BCUT2D eigenvalue weighted by molar-refractivity contribution is 6.74. The van der Waals surface area contributed by atoms with Gasteiger partial charge >= 0.3 is 0 Å². The van der Waals surface area contributed by atoms with Gasteiger partial charge in [0.1, 0.15) is 18.5 Å². The van der Waals surface area contributed by atoms with Crippen LogP contribution in [0, 0.1) is 24.2 Å². The lowest BCUT2D eigenvalue weighted by Crippen LogP contribution is -2.45. The van der Waals surface area contributed by atoms with Gasteiger partial charge in [0.25, 0.3) is 0 Å². The van der Waals surface area contributed by atoms with Gasteiger partial charge in [0, 0.05) is 19.1 Å². The van der Waals surface area contributed by atoms with E-state index < -0.39 is 8.32 Å². The Hall–Kier alpha value is -1.37. The van der Waals surface area contributed by atoms with Gasteiger partial charge in [0.2, 0.25) is 0 Å². The van der Waals surface area contributed by atoms with Crippen molar-refractivity contribution < 1.29 is 28.1 Å². The maximum atomic E-state index is 7.09. The second-order valence-electron chi connectivity index (χ2n) is 13.7. The number of rotatable bonds is 13. The standard InChI is InChI=1S/C35H53ClO6Si/c1-7-26(36)23-30-29(20-19-28(40-33-17-11-13-21-37-33)25-39-27-15-9-8-10-16-27)31(41-34-18-12-14-22-38-34)24-32(30)42-43(5,6)35(2,3)4/h1,8-10,15-16,19-20,26,28-34H,11-14,17-18,21-25H2,2-6H3/t26-,28?,29?,30?,31?,32?,33?,34?/m0/s1. The zero-order chi connectivity index (χ0) is 30.9. The second kappa shape index (κ2) is 16.3. The van der Waals surface area contributed by atoms with Crippen molar-refractivity contribution in [1.82, 2.24) is 0 Å². The first kappa shape index (κ1) is 34.5. The number of ether oxygens (including phenoxy) is 5.